The summed E-state index contributed by atoms with van der Waals surface area (Å²) in [6, 6.07) is 14.9. The first-order valence-electron chi connectivity index (χ1n) is 11.0. The largest absolute Gasteiger partial charge is 0.320 e. The maximum Gasteiger partial charge on any atom is 0.136 e. The van der Waals surface area contributed by atoms with Gasteiger partial charge in [0.15, 0.2) is 0 Å². The molecule has 1 fully saturated rings. The molecule has 0 amide bonds. The van der Waals surface area contributed by atoms with Crippen molar-refractivity contribution in [3.8, 4) is 16.9 Å². The van der Waals surface area contributed by atoms with Gasteiger partial charge in [-0.1, -0.05) is 17.7 Å². The lowest BCUT2D eigenvalue weighted by atomic mass is 9.96. The van der Waals surface area contributed by atoms with Crippen molar-refractivity contribution in [1.82, 2.24) is 29.4 Å². The van der Waals surface area contributed by atoms with Crippen molar-refractivity contribution >= 4 is 0 Å². The highest BCUT2D eigenvalue weighted by atomic mass is 19.1. The smallest absolute Gasteiger partial charge is 0.136 e. The molecule has 6 nitrogen and oxygen atoms in total. The fourth-order valence-electron chi connectivity index (χ4n) is 4.52. The summed E-state index contributed by atoms with van der Waals surface area (Å²) in [4.78, 5) is 2.46. The van der Waals surface area contributed by atoms with Gasteiger partial charge in [-0.2, -0.15) is 5.10 Å². The Hall–Kier alpha value is -3.32. The molecule has 7 heteroatoms. The Kier molecular flexibility index (Phi) is 5.57. The number of aromatic nitrogens is 5. The third kappa shape index (κ3) is 4.21. The predicted octanol–water partition coefficient (Wildman–Crippen LogP) is 4.49. The number of likely N-dealkylation sites (tertiary alicyclic amines) is 1. The van der Waals surface area contributed by atoms with Gasteiger partial charge in [-0.25, -0.2) is 9.07 Å². The van der Waals surface area contributed by atoms with Crippen LogP contribution in [0, 0.1) is 12.7 Å². The van der Waals surface area contributed by atoms with Gasteiger partial charge in [0.25, 0.3) is 0 Å². The molecule has 0 aliphatic carbocycles. The first-order valence-corrected chi connectivity index (χ1v) is 11.0. The van der Waals surface area contributed by atoms with E-state index in [-0.39, 0.29) is 5.82 Å². The fourth-order valence-corrected chi connectivity index (χ4v) is 4.52. The van der Waals surface area contributed by atoms with Crippen LogP contribution >= 0.6 is 0 Å². The van der Waals surface area contributed by atoms with Crippen molar-refractivity contribution in [1.29, 1.82) is 0 Å². The first kappa shape index (κ1) is 20.6. The summed E-state index contributed by atoms with van der Waals surface area (Å²) in [6.45, 7) is 4.83. The van der Waals surface area contributed by atoms with Gasteiger partial charge in [-0.05, 0) is 62.7 Å². The van der Waals surface area contributed by atoms with Crippen molar-refractivity contribution in [2.45, 2.75) is 32.2 Å². The second-order valence-corrected chi connectivity index (χ2v) is 8.66. The highest BCUT2D eigenvalue weighted by Crippen LogP contribution is 2.29. The fraction of sp³-hybridized carbons (Fsp3) is 0.320. The average molecular weight is 431 g/mol. The van der Waals surface area contributed by atoms with Crippen molar-refractivity contribution in [2.75, 3.05) is 13.1 Å². The van der Waals surface area contributed by atoms with Gasteiger partial charge in [0, 0.05) is 43.4 Å². The number of aryl methyl sites for hydroxylation is 2. The number of piperidine rings is 1. The maximum atomic E-state index is 13.5. The molecule has 164 valence electrons. The lowest BCUT2D eigenvalue weighted by Gasteiger charge is -2.32. The summed E-state index contributed by atoms with van der Waals surface area (Å²) in [6.07, 6.45) is 6.12. The van der Waals surface area contributed by atoms with Crippen LogP contribution in [0.2, 0.25) is 0 Å². The number of hydrogen-bond acceptors (Lipinski definition) is 4. The third-order valence-electron chi connectivity index (χ3n) is 6.22. The molecular formula is C25H27FN6. The van der Waals surface area contributed by atoms with Gasteiger partial charge in [0.1, 0.15) is 18.0 Å². The summed E-state index contributed by atoms with van der Waals surface area (Å²) in [7, 11) is 2.01. The number of rotatable bonds is 5. The predicted molar refractivity (Wildman–Crippen MR) is 122 cm³/mol. The molecule has 1 aliphatic rings. The van der Waals surface area contributed by atoms with E-state index in [4.69, 9.17) is 5.10 Å². The first-order chi connectivity index (χ1) is 15.6. The molecule has 5 rings (SSSR count). The van der Waals surface area contributed by atoms with Gasteiger partial charge >= 0.3 is 0 Å². The molecular weight excluding hydrogens is 403 g/mol. The Balaban J connectivity index is 1.45. The minimum absolute atomic E-state index is 0.240. The summed E-state index contributed by atoms with van der Waals surface area (Å²) in [5.74, 6) is 1.18. The molecule has 0 N–H and O–H groups in total. The molecule has 0 spiro atoms. The minimum atomic E-state index is -0.240. The second-order valence-electron chi connectivity index (χ2n) is 8.66. The molecule has 1 atom stereocenters. The Bertz CT molecular complexity index is 1190. The molecule has 0 bridgehead atoms. The van der Waals surface area contributed by atoms with Crippen LogP contribution in [-0.4, -0.2) is 42.5 Å². The van der Waals surface area contributed by atoms with E-state index in [0.29, 0.717) is 5.92 Å². The van der Waals surface area contributed by atoms with E-state index in [1.807, 2.05) is 16.3 Å². The summed E-state index contributed by atoms with van der Waals surface area (Å²) >= 11 is 0. The number of benzene rings is 2. The Morgan fingerprint density at radius 1 is 1.06 bits per heavy atom. The van der Waals surface area contributed by atoms with E-state index in [2.05, 4.69) is 52.5 Å². The van der Waals surface area contributed by atoms with E-state index >= 15 is 0 Å². The number of nitrogens with zero attached hydrogens (tertiary/aromatic N) is 6. The highest BCUT2D eigenvalue weighted by Gasteiger charge is 2.26. The summed E-state index contributed by atoms with van der Waals surface area (Å²) < 4.78 is 17.5. The molecule has 0 unspecified atom stereocenters. The second kappa shape index (κ2) is 8.67. The van der Waals surface area contributed by atoms with Crippen LogP contribution in [0.25, 0.3) is 16.9 Å². The molecule has 2 aromatic heterocycles. The molecule has 1 aliphatic heterocycles. The van der Waals surface area contributed by atoms with E-state index in [1.165, 1.54) is 17.7 Å². The zero-order valence-corrected chi connectivity index (χ0v) is 18.4. The van der Waals surface area contributed by atoms with Crippen LogP contribution in [0.15, 0.2) is 61.1 Å². The normalized spacial score (nSPS) is 17.0. The third-order valence-corrected chi connectivity index (χ3v) is 6.22. The van der Waals surface area contributed by atoms with Crippen molar-refractivity contribution in [3.63, 3.8) is 0 Å². The SMILES string of the molecule is Cc1ccc(-n2cc(CN3CCC[C@@H](c4nncn4C)C3)c(-c3ccc(F)cc3)n2)cc1. The minimum Gasteiger partial charge on any atom is -0.320 e. The zero-order valence-electron chi connectivity index (χ0n) is 18.4. The summed E-state index contributed by atoms with van der Waals surface area (Å²) in [5, 5.41) is 13.3. The summed E-state index contributed by atoms with van der Waals surface area (Å²) in [5.41, 5.74) is 5.18. The standard InChI is InChI=1S/C25H27FN6/c1-18-5-11-23(12-6-18)32-16-21(24(29-32)19-7-9-22(26)10-8-19)15-31-13-3-4-20(14-31)25-28-27-17-30(25)2/h5-12,16-17,20H,3-4,13-15H2,1-2H3/t20-/m1/s1. The van der Waals surface area contributed by atoms with E-state index in [1.54, 1.807) is 18.5 Å². The van der Waals surface area contributed by atoms with E-state index in [9.17, 15) is 4.39 Å². The van der Waals surface area contributed by atoms with Crippen LogP contribution < -0.4 is 0 Å². The van der Waals surface area contributed by atoms with Crippen LogP contribution in [0.5, 0.6) is 0 Å². The van der Waals surface area contributed by atoms with Crippen LogP contribution in [-0.2, 0) is 13.6 Å². The number of halogens is 1. The molecule has 4 aromatic rings. The quantitative estimate of drug-likeness (QED) is 0.468. The lowest BCUT2D eigenvalue weighted by molar-refractivity contribution is 0.195. The Labute approximate surface area is 187 Å². The monoisotopic (exact) mass is 430 g/mol. The van der Waals surface area contributed by atoms with Crippen LogP contribution in [0.3, 0.4) is 0 Å². The van der Waals surface area contributed by atoms with Crippen molar-refractivity contribution in [2.24, 2.45) is 7.05 Å². The molecule has 32 heavy (non-hydrogen) atoms. The lowest BCUT2D eigenvalue weighted by Crippen LogP contribution is -2.34. The van der Waals surface area contributed by atoms with E-state index in [0.717, 1.165) is 60.8 Å². The van der Waals surface area contributed by atoms with Gasteiger partial charge in [-0.3, -0.25) is 4.90 Å². The molecule has 1 saturated heterocycles. The number of hydrogen-bond donors (Lipinski definition) is 0. The molecule has 3 heterocycles. The average Bonchev–Trinajstić information content (AvgIpc) is 3.41. The van der Waals surface area contributed by atoms with Gasteiger partial charge in [0.05, 0.1) is 11.4 Å². The van der Waals surface area contributed by atoms with Crippen LogP contribution in [0.1, 0.15) is 35.7 Å². The Morgan fingerprint density at radius 2 is 1.84 bits per heavy atom. The van der Waals surface area contributed by atoms with E-state index < -0.39 is 0 Å². The van der Waals surface area contributed by atoms with Crippen LogP contribution in [0.4, 0.5) is 4.39 Å². The van der Waals surface area contributed by atoms with Crippen molar-refractivity contribution < 1.29 is 4.39 Å². The highest BCUT2D eigenvalue weighted by molar-refractivity contribution is 5.63. The topological polar surface area (TPSA) is 51.8 Å². The molecule has 0 saturated carbocycles. The Morgan fingerprint density at radius 3 is 2.56 bits per heavy atom. The molecule has 0 radical (unpaired) electrons. The van der Waals surface area contributed by atoms with Gasteiger partial charge in [0.2, 0.25) is 0 Å². The van der Waals surface area contributed by atoms with Crippen molar-refractivity contribution in [3.05, 3.63) is 83.8 Å². The van der Waals surface area contributed by atoms with Gasteiger partial charge < -0.3 is 4.57 Å². The van der Waals surface area contributed by atoms with Gasteiger partial charge in [-0.15, -0.1) is 10.2 Å². The zero-order chi connectivity index (χ0) is 22.1. The molecule has 2 aromatic carbocycles. The maximum absolute atomic E-state index is 13.5.